The van der Waals surface area contributed by atoms with Crippen LogP contribution in [0.15, 0.2) is 41.3 Å². The van der Waals surface area contributed by atoms with E-state index in [0.29, 0.717) is 5.02 Å². The lowest BCUT2D eigenvalue weighted by atomic mass is 10.1. The second-order valence-corrected chi connectivity index (χ2v) is 5.26. The second kappa shape index (κ2) is 5.67. The Labute approximate surface area is 120 Å². The van der Waals surface area contributed by atoms with Gasteiger partial charge in [-0.1, -0.05) is 45.7 Å². The van der Waals surface area contributed by atoms with Gasteiger partial charge in [0.25, 0.3) is 0 Å². The summed E-state index contributed by atoms with van der Waals surface area (Å²) in [4.78, 5) is 10.2. The van der Waals surface area contributed by atoms with Crippen molar-refractivity contribution in [3.8, 4) is 0 Å². The molecule has 1 atom stereocenters. The molecule has 5 heteroatoms. The molecule has 0 aliphatic heterocycles. The summed E-state index contributed by atoms with van der Waals surface area (Å²) in [5, 5.41) is 0.555. The Morgan fingerprint density at radius 3 is 2.72 bits per heavy atom. The van der Waals surface area contributed by atoms with Crippen molar-refractivity contribution in [3.63, 3.8) is 0 Å². The molecular formula is C13H13BrClN3. The Balaban J connectivity index is 2.33. The number of anilines is 1. The molecule has 18 heavy (non-hydrogen) atoms. The fraction of sp³-hybridized carbons (Fsp3) is 0.231. The van der Waals surface area contributed by atoms with E-state index < -0.39 is 0 Å². The lowest BCUT2D eigenvalue weighted by Crippen LogP contribution is -2.23. The first-order chi connectivity index (χ1) is 8.61. The lowest BCUT2D eigenvalue weighted by Gasteiger charge is -2.27. The van der Waals surface area contributed by atoms with Gasteiger partial charge in [0.15, 0.2) is 5.82 Å². The van der Waals surface area contributed by atoms with Gasteiger partial charge in [0.1, 0.15) is 11.3 Å². The standard InChI is InChI=1S/C13H13BrClN3/c1-9(10-5-3-4-6-11(10)14)18(2)13-12(15)7-16-8-17-13/h3-9H,1-2H3. The first-order valence-corrected chi connectivity index (χ1v) is 6.71. The molecule has 0 saturated heterocycles. The van der Waals surface area contributed by atoms with E-state index in [0.717, 1.165) is 10.3 Å². The molecule has 0 saturated carbocycles. The van der Waals surface area contributed by atoms with E-state index in [-0.39, 0.29) is 6.04 Å². The summed E-state index contributed by atoms with van der Waals surface area (Å²) < 4.78 is 1.08. The highest BCUT2D eigenvalue weighted by molar-refractivity contribution is 9.10. The third kappa shape index (κ3) is 2.65. The van der Waals surface area contributed by atoms with Crippen molar-refractivity contribution in [1.29, 1.82) is 0 Å². The van der Waals surface area contributed by atoms with Crippen molar-refractivity contribution in [2.24, 2.45) is 0 Å². The molecule has 1 unspecified atom stereocenters. The zero-order chi connectivity index (χ0) is 13.1. The van der Waals surface area contributed by atoms with E-state index in [9.17, 15) is 0 Å². The Morgan fingerprint density at radius 2 is 2.06 bits per heavy atom. The smallest absolute Gasteiger partial charge is 0.151 e. The number of hydrogen-bond acceptors (Lipinski definition) is 3. The molecule has 1 heterocycles. The Kier molecular flexibility index (Phi) is 4.19. The summed E-state index contributed by atoms with van der Waals surface area (Å²) in [6, 6.07) is 8.29. The van der Waals surface area contributed by atoms with Crippen molar-refractivity contribution < 1.29 is 0 Å². The fourth-order valence-corrected chi connectivity index (χ4v) is 2.63. The van der Waals surface area contributed by atoms with Crippen LogP contribution in [-0.4, -0.2) is 17.0 Å². The summed E-state index contributed by atoms with van der Waals surface area (Å²) in [5.41, 5.74) is 1.19. The molecular weight excluding hydrogens is 314 g/mol. The normalized spacial score (nSPS) is 12.2. The number of benzene rings is 1. The molecule has 94 valence electrons. The summed E-state index contributed by atoms with van der Waals surface area (Å²) in [5.74, 6) is 0.731. The van der Waals surface area contributed by atoms with Crippen LogP contribution in [0.5, 0.6) is 0 Å². The maximum absolute atomic E-state index is 6.11. The molecule has 2 aromatic rings. The summed E-state index contributed by atoms with van der Waals surface area (Å²) in [7, 11) is 1.97. The number of halogens is 2. The fourth-order valence-electron chi connectivity index (χ4n) is 1.77. The third-order valence-corrected chi connectivity index (χ3v) is 3.91. The monoisotopic (exact) mass is 325 g/mol. The first kappa shape index (κ1) is 13.3. The summed E-state index contributed by atoms with van der Waals surface area (Å²) >= 11 is 9.68. The molecule has 0 spiro atoms. The van der Waals surface area contributed by atoms with Crippen LogP contribution < -0.4 is 4.90 Å². The van der Waals surface area contributed by atoms with Gasteiger partial charge in [-0.15, -0.1) is 0 Å². The number of aromatic nitrogens is 2. The highest BCUT2D eigenvalue weighted by Crippen LogP contribution is 2.31. The van der Waals surface area contributed by atoms with Gasteiger partial charge in [-0.25, -0.2) is 9.97 Å². The molecule has 0 radical (unpaired) electrons. The van der Waals surface area contributed by atoms with E-state index in [2.05, 4.69) is 38.9 Å². The SMILES string of the molecule is CC(c1ccccc1Br)N(C)c1ncncc1Cl. The predicted molar refractivity (Wildman–Crippen MR) is 78.0 cm³/mol. The number of hydrogen-bond donors (Lipinski definition) is 0. The highest BCUT2D eigenvalue weighted by Gasteiger charge is 2.17. The minimum absolute atomic E-state index is 0.160. The van der Waals surface area contributed by atoms with Crippen LogP contribution in [0, 0.1) is 0 Å². The van der Waals surface area contributed by atoms with Crippen LogP contribution in [-0.2, 0) is 0 Å². The topological polar surface area (TPSA) is 29.0 Å². The van der Waals surface area contributed by atoms with Gasteiger partial charge < -0.3 is 4.90 Å². The van der Waals surface area contributed by atoms with Gasteiger partial charge in [0.05, 0.1) is 12.2 Å². The van der Waals surface area contributed by atoms with Gasteiger partial charge in [-0.05, 0) is 18.6 Å². The van der Waals surface area contributed by atoms with Crippen molar-refractivity contribution in [2.75, 3.05) is 11.9 Å². The molecule has 0 aliphatic rings. The van der Waals surface area contributed by atoms with Gasteiger partial charge in [-0.2, -0.15) is 0 Å². The van der Waals surface area contributed by atoms with Crippen LogP contribution in [0.3, 0.4) is 0 Å². The zero-order valence-corrected chi connectivity index (χ0v) is 12.5. The quantitative estimate of drug-likeness (QED) is 0.850. The summed E-state index contributed by atoms with van der Waals surface area (Å²) in [6.07, 6.45) is 3.11. The number of rotatable bonds is 3. The van der Waals surface area contributed by atoms with Crippen LogP contribution in [0.4, 0.5) is 5.82 Å². The minimum Gasteiger partial charge on any atom is -0.352 e. The average Bonchev–Trinajstić information content (AvgIpc) is 2.38. The van der Waals surface area contributed by atoms with Crippen LogP contribution in [0.2, 0.25) is 5.02 Å². The molecule has 3 nitrogen and oxygen atoms in total. The van der Waals surface area contributed by atoms with Gasteiger partial charge in [0.2, 0.25) is 0 Å². The Bertz CT molecular complexity index is 498. The van der Waals surface area contributed by atoms with Crippen LogP contribution in [0.1, 0.15) is 18.5 Å². The van der Waals surface area contributed by atoms with E-state index in [4.69, 9.17) is 11.6 Å². The first-order valence-electron chi connectivity index (χ1n) is 5.54. The second-order valence-electron chi connectivity index (χ2n) is 4.00. The Hall–Kier alpha value is -1.13. The molecule has 0 N–H and O–H groups in total. The van der Waals surface area contributed by atoms with Crippen LogP contribution >= 0.6 is 27.5 Å². The average molecular weight is 327 g/mol. The van der Waals surface area contributed by atoms with Crippen molar-refractivity contribution in [1.82, 2.24) is 9.97 Å². The molecule has 1 aromatic heterocycles. The maximum atomic E-state index is 6.11. The van der Waals surface area contributed by atoms with E-state index >= 15 is 0 Å². The minimum atomic E-state index is 0.160. The molecule has 0 bridgehead atoms. The van der Waals surface area contributed by atoms with Gasteiger partial charge in [0, 0.05) is 11.5 Å². The van der Waals surface area contributed by atoms with Crippen molar-refractivity contribution in [3.05, 3.63) is 51.8 Å². The summed E-state index contributed by atoms with van der Waals surface area (Å²) in [6.45, 7) is 2.11. The Morgan fingerprint density at radius 1 is 1.33 bits per heavy atom. The van der Waals surface area contributed by atoms with E-state index in [1.165, 1.54) is 11.9 Å². The van der Waals surface area contributed by atoms with Gasteiger partial charge in [-0.3, -0.25) is 0 Å². The van der Waals surface area contributed by atoms with Gasteiger partial charge >= 0.3 is 0 Å². The van der Waals surface area contributed by atoms with E-state index in [1.54, 1.807) is 6.20 Å². The molecule has 0 aliphatic carbocycles. The van der Waals surface area contributed by atoms with E-state index in [1.807, 2.05) is 30.1 Å². The predicted octanol–water partition coefficient (Wildman–Crippen LogP) is 4.09. The molecule has 2 rings (SSSR count). The van der Waals surface area contributed by atoms with Crippen LogP contribution in [0.25, 0.3) is 0 Å². The maximum Gasteiger partial charge on any atom is 0.151 e. The molecule has 0 fully saturated rings. The van der Waals surface area contributed by atoms with Crippen molar-refractivity contribution in [2.45, 2.75) is 13.0 Å². The van der Waals surface area contributed by atoms with Crippen molar-refractivity contribution >= 4 is 33.3 Å². The molecule has 0 amide bonds. The zero-order valence-electron chi connectivity index (χ0n) is 10.1. The third-order valence-electron chi connectivity index (χ3n) is 2.92. The molecule has 1 aromatic carbocycles. The lowest BCUT2D eigenvalue weighted by molar-refractivity contribution is 0.724. The number of nitrogens with zero attached hydrogens (tertiary/aromatic N) is 3. The largest absolute Gasteiger partial charge is 0.352 e. The highest BCUT2D eigenvalue weighted by atomic mass is 79.9.